The van der Waals surface area contributed by atoms with E-state index in [-0.39, 0.29) is 29.9 Å². The highest BCUT2D eigenvalue weighted by Crippen LogP contribution is 2.33. The van der Waals surface area contributed by atoms with Crippen LogP contribution < -0.4 is 20.1 Å². The van der Waals surface area contributed by atoms with Crippen molar-refractivity contribution in [2.24, 2.45) is 10.9 Å². The van der Waals surface area contributed by atoms with Crippen molar-refractivity contribution in [3.05, 3.63) is 23.3 Å². The normalized spacial score (nSPS) is 20.0. The molecule has 0 spiro atoms. The number of benzene rings is 1. The fraction of sp³-hybridized carbons (Fsp3) is 0.636. The second-order valence-electron chi connectivity index (χ2n) is 7.87. The molecule has 1 saturated carbocycles. The molecule has 1 aromatic carbocycles. The van der Waals surface area contributed by atoms with Gasteiger partial charge in [0.25, 0.3) is 0 Å². The van der Waals surface area contributed by atoms with Crippen LogP contribution in [0.3, 0.4) is 0 Å². The van der Waals surface area contributed by atoms with Crippen LogP contribution in [0.5, 0.6) is 11.5 Å². The predicted octanol–water partition coefficient (Wildman–Crippen LogP) is 2.95. The monoisotopic (exact) mass is 530 g/mol. The topological polar surface area (TPSA) is 75.2 Å². The number of halogens is 1. The number of hydrogen-bond acceptors (Lipinski definition) is 4. The average Bonchev–Trinajstić information content (AvgIpc) is 3.43. The Kier molecular flexibility index (Phi) is 9.51. The summed E-state index contributed by atoms with van der Waals surface area (Å²) in [5.74, 6) is 3.23. The van der Waals surface area contributed by atoms with Crippen LogP contribution in [0.4, 0.5) is 0 Å². The maximum Gasteiger partial charge on any atom is 0.222 e. The lowest BCUT2D eigenvalue weighted by atomic mass is 9.98. The zero-order valence-electron chi connectivity index (χ0n) is 18.5. The number of nitrogens with one attached hydrogen (secondary N) is 2. The van der Waals surface area contributed by atoms with Crippen molar-refractivity contribution in [3.8, 4) is 11.5 Å². The lowest BCUT2D eigenvalue weighted by Gasteiger charge is -2.29. The van der Waals surface area contributed by atoms with Crippen LogP contribution in [0.1, 0.15) is 44.2 Å². The summed E-state index contributed by atoms with van der Waals surface area (Å²) in [6.07, 6.45) is 3.32. The van der Waals surface area contributed by atoms with E-state index in [4.69, 9.17) is 9.47 Å². The Morgan fingerprint density at radius 2 is 1.90 bits per heavy atom. The van der Waals surface area contributed by atoms with Crippen LogP contribution in [-0.4, -0.2) is 56.7 Å². The van der Waals surface area contributed by atoms with Crippen LogP contribution in [0.15, 0.2) is 17.1 Å². The maximum absolute atomic E-state index is 12.7. The van der Waals surface area contributed by atoms with E-state index in [9.17, 15) is 4.79 Å². The number of hydrogen-bond donors (Lipinski definition) is 2. The van der Waals surface area contributed by atoms with Crippen molar-refractivity contribution in [1.82, 2.24) is 15.5 Å². The standard InChI is InChI=1S/C22H34N4O3.HI/c1-5-23-22(25-18-11-15(18)2)24-9-6-7-21(27)26-10-8-16-12-19(28-3)20(29-4)13-17(16)14-26;/h12-13,15,18H,5-11,14H2,1-4H3,(H2,23,24,25);1H. The Balaban J connectivity index is 0.00000320. The van der Waals surface area contributed by atoms with Crippen LogP contribution in [0.2, 0.25) is 0 Å². The van der Waals surface area contributed by atoms with Gasteiger partial charge in [0.15, 0.2) is 17.5 Å². The molecule has 2 atom stereocenters. The first kappa shape index (κ1) is 24.6. The lowest BCUT2D eigenvalue weighted by Crippen LogP contribution is -2.39. The van der Waals surface area contributed by atoms with Gasteiger partial charge in [-0.15, -0.1) is 24.0 Å². The Hall–Kier alpha value is -1.71. The summed E-state index contributed by atoms with van der Waals surface area (Å²) in [6.45, 7) is 7.17. The lowest BCUT2D eigenvalue weighted by molar-refractivity contribution is -0.132. The van der Waals surface area contributed by atoms with Crippen molar-refractivity contribution >= 4 is 35.8 Å². The SMILES string of the molecule is CCNC(=NCCCC(=O)N1CCc2cc(OC)c(OC)cc2C1)NC1CC1C.I. The molecule has 1 aromatic rings. The number of amides is 1. The number of fused-ring (bicyclic) bond motifs is 1. The van der Waals surface area contributed by atoms with E-state index >= 15 is 0 Å². The molecular weight excluding hydrogens is 495 g/mol. The summed E-state index contributed by atoms with van der Waals surface area (Å²) in [5.41, 5.74) is 2.37. The van der Waals surface area contributed by atoms with Gasteiger partial charge < -0.3 is 25.0 Å². The third-order valence-corrected chi connectivity index (χ3v) is 5.67. The fourth-order valence-corrected chi connectivity index (χ4v) is 3.69. The first-order valence-electron chi connectivity index (χ1n) is 10.6. The molecule has 0 bridgehead atoms. The van der Waals surface area contributed by atoms with E-state index in [1.54, 1.807) is 14.2 Å². The number of methoxy groups -OCH3 is 2. The minimum absolute atomic E-state index is 0. The number of aliphatic imine (C=N–C) groups is 1. The molecule has 0 aromatic heterocycles. The van der Waals surface area contributed by atoms with Gasteiger partial charge in [-0.2, -0.15) is 0 Å². The molecule has 2 aliphatic rings. The molecule has 2 unspecified atom stereocenters. The summed E-state index contributed by atoms with van der Waals surface area (Å²) >= 11 is 0. The summed E-state index contributed by atoms with van der Waals surface area (Å²) in [6, 6.07) is 4.56. The summed E-state index contributed by atoms with van der Waals surface area (Å²) in [4.78, 5) is 19.2. The number of carbonyl (C=O) groups is 1. The molecule has 1 aliphatic heterocycles. The highest BCUT2D eigenvalue weighted by Gasteiger charge is 2.33. The van der Waals surface area contributed by atoms with Gasteiger partial charge in [-0.25, -0.2) is 0 Å². The summed E-state index contributed by atoms with van der Waals surface area (Å²) in [7, 11) is 3.28. The fourth-order valence-electron chi connectivity index (χ4n) is 3.69. The van der Waals surface area contributed by atoms with Gasteiger partial charge in [-0.05, 0) is 55.4 Å². The van der Waals surface area contributed by atoms with Crippen molar-refractivity contribution in [3.63, 3.8) is 0 Å². The molecule has 0 radical (unpaired) electrons. The molecule has 2 N–H and O–H groups in total. The zero-order chi connectivity index (χ0) is 20.8. The second-order valence-corrected chi connectivity index (χ2v) is 7.87. The highest BCUT2D eigenvalue weighted by atomic mass is 127. The van der Waals surface area contributed by atoms with Crippen molar-refractivity contribution < 1.29 is 14.3 Å². The minimum atomic E-state index is 0. The maximum atomic E-state index is 12.7. The number of rotatable bonds is 8. The van der Waals surface area contributed by atoms with Crippen molar-refractivity contribution in [2.45, 2.75) is 52.1 Å². The Morgan fingerprint density at radius 1 is 1.23 bits per heavy atom. The quantitative estimate of drug-likeness (QED) is 0.234. The van der Waals surface area contributed by atoms with Crippen LogP contribution in [0, 0.1) is 5.92 Å². The first-order valence-corrected chi connectivity index (χ1v) is 10.6. The second kappa shape index (κ2) is 11.6. The smallest absolute Gasteiger partial charge is 0.222 e. The van der Waals surface area contributed by atoms with E-state index < -0.39 is 0 Å². The summed E-state index contributed by atoms with van der Waals surface area (Å²) < 4.78 is 10.8. The van der Waals surface area contributed by atoms with Crippen LogP contribution in [0.25, 0.3) is 0 Å². The van der Waals surface area contributed by atoms with Gasteiger partial charge in [0.05, 0.1) is 14.2 Å². The molecule has 1 amide bonds. The van der Waals surface area contributed by atoms with Gasteiger partial charge in [-0.1, -0.05) is 6.92 Å². The molecule has 7 nitrogen and oxygen atoms in total. The molecular formula is C22H35IN4O3. The van der Waals surface area contributed by atoms with Gasteiger partial charge in [0.2, 0.25) is 5.91 Å². The third kappa shape index (κ3) is 6.39. The molecule has 0 saturated heterocycles. The van der Waals surface area contributed by atoms with E-state index in [1.165, 1.54) is 12.0 Å². The first-order chi connectivity index (χ1) is 14.0. The Labute approximate surface area is 197 Å². The van der Waals surface area contributed by atoms with Gasteiger partial charge >= 0.3 is 0 Å². The molecule has 8 heteroatoms. The minimum Gasteiger partial charge on any atom is -0.493 e. The molecule has 30 heavy (non-hydrogen) atoms. The molecule has 3 rings (SSSR count). The number of guanidine groups is 1. The molecule has 1 fully saturated rings. The van der Waals surface area contributed by atoms with Gasteiger partial charge in [0.1, 0.15) is 0 Å². The number of nitrogens with zero attached hydrogens (tertiary/aromatic N) is 2. The van der Waals surface area contributed by atoms with E-state index in [1.807, 2.05) is 17.0 Å². The van der Waals surface area contributed by atoms with Gasteiger partial charge in [0, 0.05) is 38.6 Å². The third-order valence-electron chi connectivity index (χ3n) is 5.67. The van der Waals surface area contributed by atoms with Gasteiger partial charge in [-0.3, -0.25) is 9.79 Å². The zero-order valence-corrected chi connectivity index (χ0v) is 20.8. The average molecular weight is 530 g/mol. The molecule has 1 heterocycles. The number of carbonyl (C=O) groups excluding carboxylic acids is 1. The van der Waals surface area contributed by atoms with E-state index in [2.05, 4.69) is 29.5 Å². The van der Waals surface area contributed by atoms with Crippen LogP contribution in [-0.2, 0) is 17.8 Å². The van der Waals surface area contributed by atoms with E-state index in [0.29, 0.717) is 31.3 Å². The largest absolute Gasteiger partial charge is 0.493 e. The number of ether oxygens (including phenoxy) is 2. The Bertz CT molecular complexity index is 756. The van der Waals surface area contributed by atoms with Crippen molar-refractivity contribution in [2.75, 3.05) is 33.9 Å². The van der Waals surface area contributed by atoms with Crippen molar-refractivity contribution in [1.29, 1.82) is 0 Å². The Morgan fingerprint density at radius 3 is 2.50 bits per heavy atom. The van der Waals surface area contributed by atoms with E-state index in [0.717, 1.165) is 49.1 Å². The van der Waals surface area contributed by atoms with Crippen LogP contribution >= 0.6 is 24.0 Å². The highest BCUT2D eigenvalue weighted by molar-refractivity contribution is 14.0. The molecule has 1 aliphatic carbocycles. The summed E-state index contributed by atoms with van der Waals surface area (Å²) in [5, 5.41) is 6.72. The predicted molar refractivity (Wildman–Crippen MR) is 130 cm³/mol. The molecule has 168 valence electrons.